The summed E-state index contributed by atoms with van der Waals surface area (Å²) in [5.41, 5.74) is 0.436. The molecule has 8 heteroatoms. The summed E-state index contributed by atoms with van der Waals surface area (Å²) < 4.78 is 27.4. The van der Waals surface area contributed by atoms with Crippen LogP contribution in [0.3, 0.4) is 0 Å². The topological polar surface area (TPSA) is 78.5 Å². The minimum atomic E-state index is -3.55. The number of halogens is 1. The normalized spacial score (nSPS) is 24.5. The highest BCUT2D eigenvalue weighted by atomic mass is 35.5. The molecule has 2 saturated heterocycles. The van der Waals surface area contributed by atoms with Crippen LogP contribution in [0.15, 0.2) is 29.2 Å². The molecule has 1 spiro atoms. The van der Waals surface area contributed by atoms with Gasteiger partial charge in [-0.15, -0.1) is 12.4 Å². The number of amides is 1. The van der Waals surface area contributed by atoms with Crippen molar-refractivity contribution in [2.75, 3.05) is 33.2 Å². The molecule has 1 amide bonds. The Labute approximate surface area is 149 Å². The van der Waals surface area contributed by atoms with Gasteiger partial charge in [0.05, 0.1) is 4.90 Å². The lowest BCUT2D eigenvalue weighted by Gasteiger charge is -2.33. The lowest BCUT2D eigenvalue weighted by atomic mass is 9.80. The Hall–Kier alpha value is -1.15. The first kappa shape index (κ1) is 19.2. The van der Waals surface area contributed by atoms with E-state index in [0.29, 0.717) is 18.7 Å². The minimum absolute atomic E-state index is 0. The van der Waals surface area contributed by atoms with Crippen LogP contribution < -0.4 is 10.6 Å². The molecule has 1 aromatic rings. The summed E-state index contributed by atoms with van der Waals surface area (Å²) in [5, 5.41) is 5.91. The van der Waals surface area contributed by atoms with Crippen LogP contribution in [0.1, 0.15) is 29.6 Å². The molecule has 0 aliphatic carbocycles. The van der Waals surface area contributed by atoms with E-state index in [-0.39, 0.29) is 28.6 Å². The zero-order valence-corrected chi connectivity index (χ0v) is 15.4. The molecule has 0 aromatic heterocycles. The van der Waals surface area contributed by atoms with Gasteiger partial charge in [0, 0.05) is 32.2 Å². The third kappa shape index (κ3) is 3.59. The van der Waals surface area contributed by atoms with Gasteiger partial charge >= 0.3 is 0 Å². The number of rotatable bonds is 3. The molecule has 2 N–H and O–H groups in total. The van der Waals surface area contributed by atoms with Crippen molar-refractivity contribution in [1.29, 1.82) is 0 Å². The number of nitrogens with zero attached hydrogens (tertiary/aromatic N) is 1. The van der Waals surface area contributed by atoms with Gasteiger partial charge in [0.1, 0.15) is 0 Å². The summed E-state index contributed by atoms with van der Waals surface area (Å²) in [5.74, 6) is -0.281. The Morgan fingerprint density at radius 1 is 1.33 bits per heavy atom. The van der Waals surface area contributed by atoms with Crippen molar-refractivity contribution in [1.82, 2.24) is 14.9 Å². The van der Waals surface area contributed by atoms with Crippen molar-refractivity contribution in [3.63, 3.8) is 0 Å². The van der Waals surface area contributed by atoms with Crippen molar-refractivity contribution in [3.8, 4) is 0 Å². The van der Waals surface area contributed by atoms with Crippen molar-refractivity contribution < 1.29 is 13.2 Å². The molecule has 24 heavy (non-hydrogen) atoms. The number of hydrogen-bond donors (Lipinski definition) is 2. The van der Waals surface area contributed by atoms with Crippen LogP contribution in [0, 0.1) is 5.41 Å². The lowest BCUT2D eigenvalue weighted by molar-refractivity contribution is 0.0963. The molecule has 2 aliphatic heterocycles. The van der Waals surface area contributed by atoms with Gasteiger partial charge in [-0.2, -0.15) is 4.31 Å². The van der Waals surface area contributed by atoms with E-state index in [2.05, 4.69) is 10.6 Å². The van der Waals surface area contributed by atoms with Crippen LogP contribution in [-0.4, -0.2) is 51.9 Å². The second kappa shape index (κ2) is 7.39. The maximum atomic E-state index is 12.9. The molecule has 1 aromatic carbocycles. The largest absolute Gasteiger partial charge is 0.355 e. The van der Waals surface area contributed by atoms with Crippen LogP contribution in [0.25, 0.3) is 0 Å². The number of carbonyl (C=O) groups excluding carboxylic acids is 1. The maximum absolute atomic E-state index is 12.9. The van der Waals surface area contributed by atoms with E-state index in [1.54, 1.807) is 22.5 Å². The highest BCUT2D eigenvalue weighted by Crippen LogP contribution is 2.38. The van der Waals surface area contributed by atoms with Gasteiger partial charge in [0.15, 0.2) is 0 Å². The fourth-order valence-electron chi connectivity index (χ4n) is 3.57. The Bertz CT molecular complexity index is 702. The van der Waals surface area contributed by atoms with Gasteiger partial charge in [0.2, 0.25) is 10.0 Å². The zero-order chi connectivity index (χ0) is 16.5. The van der Waals surface area contributed by atoms with E-state index >= 15 is 0 Å². The lowest BCUT2D eigenvalue weighted by Crippen LogP contribution is -2.42. The number of carbonyl (C=O) groups is 1. The average molecular weight is 374 g/mol. The van der Waals surface area contributed by atoms with E-state index in [9.17, 15) is 13.2 Å². The molecule has 6 nitrogen and oxygen atoms in total. The van der Waals surface area contributed by atoms with Crippen molar-refractivity contribution in [2.24, 2.45) is 5.41 Å². The van der Waals surface area contributed by atoms with E-state index in [0.717, 1.165) is 32.4 Å². The predicted octanol–water partition coefficient (Wildman–Crippen LogP) is 1.23. The van der Waals surface area contributed by atoms with E-state index in [1.807, 2.05) is 0 Å². The first-order chi connectivity index (χ1) is 11.0. The standard InChI is InChI=1S/C16H23N3O3S.ClH/c1-17-15(20)13-4-2-5-14(10-13)23(21,22)19-9-7-16(12-19)6-3-8-18-11-16;/h2,4-5,10,18H,3,6-9,11-12H2,1H3,(H,17,20);1H. The maximum Gasteiger partial charge on any atom is 0.251 e. The first-order valence-electron chi connectivity index (χ1n) is 8.00. The Morgan fingerprint density at radius 3 is 2.79 bits per heavy atom. The minimum Gasteiger partial charge on any atom is -0.355 e. The van der Waals surface area contributed by atoms with Crippen LogP contribution in [0.4, 0.5) is 0 Å². The summed E-state index contributed by atoms with van der Waals surface area (Å²) in [6.45, 7) is 3.01. The third-order valence-electron chi connectivity index (χ3n) is 4.93. The molecular formula is C16H24ClN3O3S. The van der Waals surface area contributed by atoms with Gasteiger partial charge in [-0.3, -0.25) is 4.79 Å². The summed E-state index contributed by atoms with van der Waals surface area (Å²) in [4.78, 5) is 11.9. The Balaban J connectivity index is 0.00000208. The van der Waals surface area contributed by atoms with Gasteiger partial charge in [-0.1, -0.05) is 6.07 Å². The van der Waals surface area contributed by atoms with Gasteiger partial charge in [-0.25, -0.2) is 8.42 Å². The smallest absolute Gasteiger partial charge is 0.251 e. The monoisotopic (exact) mass is 373 g/mol. The molecule has 2 aliphatic rings. The highest BCUT2D eigenvalue weighted by Gasteiger charge is 2.43. The van der Waals surface area contributed by atoms with Gasteiger partial charge < -0.3 is 10.6 Å². The number of hydrogen-bond acceptors (Lipinski definition) is 4. The molecule has 1 unspecified atom stereocenters. The molecule has 3 rings (SSSR count). The molecule has 0 saturated carbocycles. The summed E-state index contributed by atoms with van der Waals surface area (Å²) in [6.07, 6.45) is 3.07. The van der Waals surface area contributed by atoms with E-state index in [1.165, 1.54) is 13.1 Å². The fraction of sp³-hybridized carbons (Fsp3) is 0.562. The fourth-order valence-corrected chi connectivity index (χ4v) is 5.17. The second-order valence-corrected chi connectivity index (χ2v) is 8.41. The Kier molecular flexibility index (Phi) is 5.91. The van der Waals surface area contributed by atoms with Crippen molar-refractivity contribution in [3.05, 3.63) is 29.8 Å². The molecule has 0 bridgehead atoms. The molecule has 1 atom stereocenters. The van der Waals surface area contributed by atoms with Crippen LogP contribution in [-0.2, 0) is 10.0 Å². The first-order valence-corrected chi connectivity index (χ1v) is 9.44. The van der Waals surface area contributed by atoms with Crippen LogP contribution >= 0.6 is 12.4 Å². The molecule has 2 fully saturated rings. The van der Waals surface area contributed by atoms with Crippen LogP contribution in [0.2, 0.25) is 0 Å². The van der Waals surface area contributed by atoms with Gasteiger partial charge in [-0.05, 0) is 49.4 Å². The molecule has 134 valence electrons. The molecule has 0 radical (unpaired) electrons. The Morgan fingerprint density at radius 2 is 2.12 bits per heavy atom. The van der Waals surface area contributed by atoms with E-state index in [4.69, 9.17) is 0 Å². The predicted molar refractivity (Wildman–Crippen MR) is 95.0 cm³/mol. The van der Waals surface area contributed by atoms with E-state index < -0.39 is 10.0 Å². The second-order valence-electron chi connectivity index (χ2n) is 6.48. The van der Waals surface area contributed by atoms with Crippen LogP contribution in [0.5, 0.6) is 0 Å². The number of nitrogens with one attached hydrogen (secondary N) is 2. The van der Waals surface area contributed by atoms with Crippen molar-refractivity contribution >= 4 is 28.3 Å². The molecule has 2 heterocycles. The summed E-state index contributed by atoms with van der Waals surface area (Å²) >= 11 is 0. The van der Waals surface area contributed by atoms with Gasteiger partial charge in [0.25, 0.3) is 5.91 Å². The SMILES string of the molecule is CNC(=O)c1cccc(S(=O)(=O)N2CCC3(CCCNC3)C2)c1.Cl. The van der Waals surface area contributed by atoms with Crippen molar-refractivity contribution in [2.45, 2.75) is 24.2 Å². The number of benzene rings is 1. The highest BCUT2D eigenvalue weighted by molar-refractivity contribution is 7.89. The number of sulfonamides is 1. The third-order valence-corrected chi connectivity index (χ3v) is 6.77. The summed E-state index contributed by atoms with van der Waals surface area (Å²) in [7, 11) is -2.02. The zero-order valence-electron chi connectivity index (χ0n) is 13.7. The quantitative estimate of drug-likeness (QED) is 0.835. The average Bonchev–Trinajstić information content (AvgIpc) is 2.99. The number of piperidine rings is 1. The molecular weight excluding hydrogens is 350 g/mol. The summed E-state index contributed by atoms with van der Waals surface area (Å²) in [6, 6.07) is 6.25.